The van der Waals surface area contributed by atoms with Gasteiger partial charge in [-0.25, -0.2) is 0 Å². The molecule has 1 aromatic rings. The van der Waals surface area contributed by atoms with Gasteiger partial charge in [0.05, 0.1) is 0 Å². The Hall–Kier alpha value is -1.82. The van der Waals surface area contributed by atoms with Crippen molar-refractivity contribution in [2.75, 3.05) is 0 Å². The first-order valence-electron chi connectivity index (χ1n) is 13.9. The minimum Gasteiger partial charge on any atom is -0.103 e. The lowest BCUT2D eigenvalue weighted by molar-refractivity contribution is 0.181. The van der Waals surface area contributed by atoms with E-state index in [0.29, 0.717) is 0 Å². The van der Waals surface area contributed by atoms with Crippen molar-refractivity contribution >= 4 is 5.57 Å². The van der Waals surface area contributed by atoms with Crippen LogP contribution in [0, 0.1) is 17.8 Å². The number of hydrogen-bond acceptors (Lipinski definition) is 0. The predicted molar refractivity (Wildman–Crippen MR) is 148 cm³/mol. The van der Waals surface area contributed by atoms with Gasteiger partial charge in [0, 0.05) is 0 Å². The van der Waals surface area contributed by atoms with E-state index in [9.17, 15) is 0 Å². The second-order valence-electron chi connectivity index (χ2n) is 10.7. The molecule has 1 unspecified atom stereocenters. The third-order valence-electron chi connectivity index (χ3n) is 8.26. The van der Waals surface area contributed by atoms with Crippen LogP contribution in [0.15, 0.2) is 61.2 Å². The number of allylic oxidation sites excluding steroid dienone is 6. The van der Waals surface area contributed by atoms with Crippen LogP contribution in [0.4, 0.5) is 0 Å². The van der Waals surface area contributed by atoms with Gasteiger partial charge >= 0.3 is 0 Å². The van der Waals surface area contributed by atoms with Gasteiger partial charge in [0.15, 0.2) is 0 Å². The zero-order valence-electron chi connectivity index (χ0n) is 21.6. The number of benzene rings is 1. The van der Waals surface area contributed by atoms with E-state index in [1.807, 2.05) is 6.08 Å². The molecule has 0 spiro atoms. The van der Waals surface area contributed by atoms with Crippen LogP contribution in [0.2, 0.25) is 0 Å². The molecular weight excluding hydrogens is 396 g/mol. The van der Waals surface area contributed by atoms with E-state index < -0.39 is 0 Å². The Kier molecular flexibility index (Phi) is 10.8. The van der Waals surface area contributed by atoms with Gasteiger partial charge in [0.1, 0.15) is 0 Å². The summed E-state index contributed by atoms with van der Waals surface area (Å²) in [7, 11) is 0. The Morgan fingerprint density at radius 2 is 1.91 bits per heavy atom. The van der Waals surface area contributed by atoms with E-state index in [1.165, 1.54) is 98.5 Å². The van der Waals surface area contributed by atoms with Crippen molar-refractivity contribution in [2.24, 2.45) is 17.8 Å². The normalized spacial score (nSPS) is 21.1. The van der Waals surface area contributed by atoms with E-state index in [4.69, 9.17) is 0 Å². The molecule has 1 aromatic carbocycles. The molecule has 1 fully saturated rings. The first-order valence-corrected chi connectivity index (χ1v) is 13.9. The molecule has 0 heterocycles. The molecule has 0 aliphatic heterocycles. The van der Waals surface area contributed by atoms with Gasteiger partial charge in [-0.1, -0.05) is 113 Å². The van der Waals surface area contributed by atoms with Crippen LogP contribution in [0.1, 0.15) is 108 Å². The maximum atomic E-state index is 4.49. The third kappa shape index (κ3) is 7.87. The lowest BCUT2D eigenvalue weighted by Gasteiger charge is -2.34. The van der Waals surface area contributed by atoms with E-state index in [1.54, 1.807) is 0 Å². The molecule has 0 N–H and O–H groups in total. The van der Waals surface area contributed by atoms with Crippen molar-refractivity contribution in [2.45, 2.75) is 104 Å². The van der Waals surface area contributed by atoms with Gasteiger partial charge in [-0.05, 0) is 85.0 Å². The molecule has 0 saturated heterocycles. The molecule has 0 amide bonds. The Bertz CT molecular complexity index is 812. The summed E-state index contributed by atoms with van der Waals surface area (Å²) in [5.41, 5.74) is 7.07. The van der Waals surface area contributed by atoms with Gasteiger partial charge in [-0.15, -0.1) is 6.58 Å². The van der Waals surface area contributed by atoms with E-state index in [0.717, 1.165) is 37.0 Å². The van der Waals surface area contributed by atoms with Crippen molar-refractivity contribution in [3.63, 3.8) is 0 Å². The highest BCUT2D eigenvalue weighted by Crippen LogP contribution is 2.38. The van der Waals surface area contributed by atoms with Gasteiger partial charge in [-0.3, -0.25) is 0 Å². The zero-order valence-corrected chi connectivity index (χ0v) is 21.6. The molecule has 180 valence electrons. The molecule has 0 heteroatoms. The molecule has 1 saturated carbocycles. The summed E-state index contributed by atoms with van der Waals surface area (Å²) in [6, 6.07) is 6.99. The summed E-state index contributed by atoms with van der Waals surface area (Å²) in [5, 5.41) is 0. The molecule has 3 rings (SSSR count). The molecule has 2 aliphatic rings. The van der Waals surface area contributed by atoms with Crippen LogP contribution in [-0.4, -0.2) is 0 Å². The van der Waals surface area contributed by atoms with Gasteiger partial charge in [-0.2, -0.15) is 0 Å². The van der Waals surface area contributed by atoms with Crippen LogP contribution in [-0.2, 0) is 12.8 Å². The lowest BCUT2D eigenvalue weighted by atomic mass is 9.72. The lowest BCUT2D eigenvalue weighted by Crippen LogP contribution is -2.21. The summed E-state index contributed by atoms with van der Waals surface area (Å²) >= 11 is 0. The number of rotatable bonds is 14. The Balaban J connectivity index is 1.48. The second-order valence-corrected chi connectivity index (χ2v) is 10.7. The van der Waals surface area contributed by atoms with Crippen molar-refractivity contribution in [1.82, 2.24) is 0 Å². The highest BCUT2D eigenvalue weighted by atomic mass is 14.3. The van der Waals surface area contributed by atoms with Crippen molar-refractivity contribution in [3.8, 4) is 0 Å². The van der Waals surface area contributed by atoms with Crippen LogP contribution in [0.25, 0.3) is 5.57 Å². The van der Waals surface area contributed by atoms with E-state index >= 15 is 0 Å². The molecule has 0 aromatic heterocycles. The van der Waals surface area contributed by atoms with Crippen LogP contribution in [0.5, 0.6) is 0 Å². The summed E-state index contributed by atoms with van der Waals surface area (Å²) in [6.07, 6.45) is 27.1. The minimum absolute atomic E-state index is 0.938. The summed E-state index contributed by atoms with van der Waals surface area (Å²) in [4.78, 5) is 0. The summed E-state index contributed by atoms with van der Waals surface area (Å²) in [6.45, 7) is 13.2. The molecule has 1 atom stereocenters. The molecular formula is C33H48. The third-order valence-corrected chi connectivity index (χ3v) is 8.26. The van der Waals surface area contributed by atoms with Crippen LogP contribution >= 0.6 is 0 Å². The van der Waals surface area contributed by atoms with E-state index in [2.05, 4.69) is 63.4 Å². The molecule has 33 heavy (non-hydrogen) atoms. The van der Waals surface area contributed by atoms with Crippen LogP contribution in [0.3, 0.4) is 0 Å². The van der Waals surface area contributed by atoms with Crippen molar-refractivity contribution in [3.05, 3.63) is 77.9 Å². The Morgan fingerprint density at radius 1 is 1.09 bits per heavy atom. The smallest absolute Gasteiger partial charge is 0.00638 e. The number of hydrogen-bond donors (Lipinski definition) is 0. The highest BCUT2D eigenvalue weighted by Gasteiger charge is 2.26. The monoisotopic (exact) mass is 444 g/mol. The first-order chi connectivity index (χ1) is 16.1. The fourth-order valence-corrected chi connectivity index (χ4v) is 6.21. The predicted octanol–water partition coefficient (Wildman–Crippen LogP) is 10.1. The number of unbranched alkanes of at least 4 members (excludes halogenated alkanes) is 1. The SMILES string of the molecule is C=CCc1ccc(CC(=C)CCCCC(CCC)C2CCC(CC)CC2)c(C2=CC=CC2)c1. The average molecular weight is 445 g/mol. The standard InChI is InChI=1S/C33H48/c1-5-12-28-20-23-32(33(25-28)31-16-10-11-17-31)24-26(4)14-8-9-15-29(13-6-2)30-21-18-27(7-3)19-22-30/h5,10-11,16,20,23,25,27,29-30H,1,4,6-9,12-15,17-19,21-22,24H2,2-3H3. The van der Waals surface area contributed by atoms with Crippen molar-refractivity contribution < 1.29 is 0 Å². The van der Waals surface area contributed by atoms with Gasteiger partial charge in [0.25, 0.3) is 0 Å². The topological polar surface area (TPSA) is 0 Å². The van der Waals surface area contributed by atoms with Crippen molar-refractivity contribution in [1.29, 1.82) is 0 Å². The molecule has 0 radical (unpaired) electrons. The maximum absolute atomic E-state index is 4.49. The Morgan fingerprint density at radius 3 is 2.58 bits per heavy atom. The largest absolute Gasteiger partial charge is 0.103 e. The quantitative estimate of drug-likeness (QED) is 0.198. The van der Waals surface area contributed by atoms with E-state index in [-0.39, 0.29) is 0 Å². The minimum atomic E-state index is 0.938. The highest BCUT2D eigenvalue weighted by molar-refractivity contribution is 5.73. The van der Waals surface area contributed by atoms with Gasteiger partial charge < -0.3 is 0 Å². The summed E-state index contributed by atoms with van der Waals surface area (Å²) in [5.74, 6) is 2.98. The zero-order chi connectivity index (χ0) is 23.5. The molecule has 0 nitrogen and oxygen atoms in total. The van der Waals surface area contributed by atoms with Crippen LogP contribution < -0.4 is 0 Å². The summed E-state index contributed by atoms with van der Waals surface area (Å²) < 4.78 is 0. The second kappa shape index (κ2) is 13.8. The molecule has 0 bridgehead atoms. The Labute approximate surface area is 205 Å². The maximum Gasteiger partial charge on any atom is -0.00638 e. The fraction of sp³-hybridized carbons (Fsp3) is 0.576. The first kappa shape index (κ1) is 25.8. The average Bonchev–Trinajstić information content (AvgIpc) is 3.37. The fourth-order valence-electron chi connectivity index (χ4n) is 6.21. The molecule has 2 aliphatic carbocycles. The van der Waals surface area contributed by atoms with Gasteiger partial charge in [0.2, 0.25) is 0 Å².